The Bertz CT molecular complexity index is 978. The van der Waals surface area contributed by atoms with Crippen LogP contribution in [0, 0.1) is 20.8 Å². The van der Waals surface area contributed by atoms with E-state index in [0.717, 1.165) is 22.6 Å². The summed E-state index contributed by atoms with van der Waals surface area (Å²) in [5.74, 6) is 1.90. The maximum absolute atomic E-state index is 12.1. The summed E-state index contributed by atoms with van der Waals surface area (Å²) in [7, 11) is 0. The monoisotopic (exact) mass is 371 g/mol. The molecule has 0 saturated carbocycles. The number of aryl methyl sites for hydroxylation is 3. The van der Waals surface area contributed by atoms with E-state index in [0.29, 0.717) is 34.5 Å². The van der Waals surface area contributed by atoms with Crippen molar-refractivity contribution in [3.63, 3.8) is 0 Å². The van der Waals surface area contributed by atoms with E-state index in [1.165, 1.54) is 11.8 Å². The van der Waals surface area contributed by atoms with Crippen molar-refractivity contribution in [1.82, 2.24) is 15.0 Å². The largest absolute Gasteiger partial charge is 0.441 e. The molecule has 0 aliphatic heterocycles. The fourth-order valence-corrected chi connectivity index (χ4v) is 3.59. The van der Waals surface area contributed by atoms with E-state index in [9.17, 15) is 4.79 Å². The van der Waals surface area contributed by atoms with E-state index in [4.69, 9.17) is 9.52 Å². The van der Waals surface area contributed by atoms with Gasteiger partial charge in [0.05, 0.1) is 5.69 Å². The number of hydrogen-bond acceptors (Lipinski definition) is 6. The van der Waals surface area contributed by atoms with Crippen LogP contribution < -0.4 is 5.56 Å². The zero-order valence-corrected chi connectivity index (χ0v) is 15.8. The van der Waals surface area contributed by atoms with Gasteiger partial charge in [0.15, 0.2) is 5.16 Å². The summed E-state index contributed by atoms with van der Waals surface area (Å²) in [5, 5.41) is 9.57. The maximum atomic E-state index is 12.1. The van der Waals surface area contributed by atoms with Crippen LogP contribution in [0.3, 0.4) is 0 Å². The van der Waals surface area contributed by atoms with E-state index >= 15 is 0 Å². The summed E-state index contributed by atoms with van der Waals surface area (Å²) in [5.41, 5.74) is 3.87. The average molecular weight is 371 g/mol. The molecule has 1 aromatic carbocycles. The molecule has 2 aromatic heterocycles. The Hall–Kier alpha value is -2.38. The lowest BCUT2D eigenvalue weighted by Gasteiger charge is -2.05. The predicted octanol–water partition coefficient (Wildman–Crippen LogP) is 3.18. The van der Waals surface area contributed by atoms with E-state index in [1.807, 2.05) is 38.1 Å². The highest BCUT2D eigenvalue weighted by molar-refractivity contribution is 7.98. The molecule has 0 fully saturated rings. The van der Waals surface area contributed by atoms with Crippen molar-refractivity contribution in [2.75, 3.05) is 6.61 Å². The smallest absolute Gasteiger partial charge is 0.255 e. The van der Waals surface area contributed by atoms with Gasteiger partial charge in [-0.3, -0.25) is 4.79 Å². The van der Waals surface area contributed by atoms with Gasteiger partial charge in [-0.15, -0.1) is 0 Å². The van der Waals surface area contributed by atoms with Crippen LogP contribution in [0.15, 0.2) is 38.6 Å². The molecule has 26 heavy (non-hydrogen) atoms. The minimum absolute atomic E-state index is 0.0715. The molecule has 6 nitrogen and oxygen atoms in total. The molecule has 0 bridgehead atoms. The molecular weight excluding hydrogens is 350 g/mol. The molecule has 3 rings (SSSR count). The Kier molecular flexibility index (Phi) is 5.58. The lowest BCUT2D eigenvalue weighted by atomic mass is 10.1. The molecule has 7 heteroatoms. The number of rotatable bonds is 6. The highest BCUT2D eigenvalue weighted by atomic mass is 32.2. The minimum atomic E-state index is -0.202. The summed E-state index contributed by atoms with van der Waals surface area (Å²) >= 11 is 1.40. The number of oxazole rings is 1. The van der Waals surface area contributed by atoms with Gasteiger partial charge < -0.3 is 14.5 Å². The van der Waals surface area contributed by atoms with Crippen molar-refractivity contribution >= 4 is 11.8 Å². The van der Waals surface area contributed by atoms with E-state index in [2.05, 4.69) is 15.0 Å². The van der Waals surface area contributed by atoms with Gasteiger partial charge in [-0.2, -0.15) is 0 Å². The van der Waals surface area contributed by atoms with Crippen molar-refractivity contribution in [3.05, 3.63) is 62.9 Å². The fraction of sp³-hybridized carbons (Fsp3) is 0.316. The number of nitrogens with one attached hydrogen (secondary N) is 1. The molecule has 2 N–H and O–H groups in total. The summed E-state index contributed by atoms with van der Waals surface area (Å²) in [6.45, 7) is 5.62. The predicted molar refractivity (Wildman–Crippen MR) is 101 cm³/mol. The molecule has 3 aromatic rings. The average Bonchev–Trinajstić information content (AvgIpc) is 2.97. The number of H-pyrrole nitrogens is 1. The number of aliphatic hydroxyl groups is 1. The first-order valence-corrected chi connectivity index (χ1v) is 9.34. The standard InChI is InChI=1S/C19H21N3O3S/c1-11-6-4-5-7-14(11)18-21-16(13(3)25-18)10-26-19-20-12(2)15(8-9-23)17(24)22-19/h4-7,23H,8-10H2,1-3H3,(H,20,22,24). The Morgan fingerprint density at radius 1 is 1.19 bits per heavy atom. The number of thioether (sulfide) groups is 1. The number of hydrogen-bond donors (Lipinski definition) is 2. The lowest BCUT2D eigenvalue weighted by Crippen LogP contribution is -2.18. The lowest BCUT2D eigenvalue weighted by molar-refractivity contribution is 0.298. The summed E-state index contributed by atoms with van der Waals surface area (Å²) in [6.07, 6.45) is 0.307. The molecule has 0 aliphatic rings. The maximum Gasteiger partial charge on any atom is 0.255 e. The molecule has 0 amide bonds. The van der Waals surface area contributed by atoms with E-state index in [-0.39, 0.29) is 12.2 Å². The molecule has 0 unspecified atom stereocenters. The van der Waals surface area contributed by atoms with Crippen LogP contribution in [0.1, 0.15) is 28.3 Å². The summed E-state index contributed by atoms with van der Waals surface area (Å²) in [4.78, 5) is 23.9. The molecule has 136 valence electrons. The van der Waals surface area contributed by atoms with Crippen molar-refractivity contribution in [2.45, 2.75) is 38.1 Å². The van der Waals surface area contributed by atoms with E-state index < -0.39 is 0 Å². The Morgan fingerprint density at radius 2 is 1.96 bits per heavy atom. The topological polar surface area (TPSA) is 92.0 Å². The van der Waals surface area contributed by atoms with Gasteiger partial charge >= 0.3 is 0 Å². The van der Waals surface area contributed by atoms with Crippen molar-refractivity contribution in [1.29, 1.82) is 0 Å². The Morgan fingerprint density at radius 3 is 2.65 bits per heavy atom. The number of benzene rings is 1. The normalized spacial score (nSPS) is 11.1. The first-order chi connectivity index (χ1) is 12.5. The molecule has 0 radical (unpaired) electrons. The van der Waals surface area contributed by atoms with E-state index in [1.54, 1.807) is 6.92 Å². The summed E-state index contributed by atoms with van der Waals surface area (Å²) < 4.78 is 5.82. The first kappa shape index (κ1) is 18.4. The quantitative estimate of drug-likeness (QED) is 0.511. The molecule has 0 aliphatic carbocycles. The van der Waals surface area contributed by atoms with Gasteiger partial charge in [0, 0.05) is 35.6 Å². The van der Waals surface area contributed by atoms with Crippen LogP contribution in [0.5, 0.6) is 0 Å². The molecule has 0 atom stereocenters. The van der Waals surface area contributed by atoms with Crippen molar-refractivity contribution < 1.29 is 9.52 Å². The molecular formula is C19H21N3O3S. The van der Waals surface area contributed by atoms with Crippen LogP contribution in [0.25, 0.3) is 11.5 Å². The number of aromatic amines is 1. The van der Waals surface area contributed by atoms with Gasteiger partial charge in [0.2, 0.25) is 5.89 Å². The van der Waals surface area contributed by atoms with Gasteiger partial charge in [-0.1, -0.05) is 30.0 Å². The highest BCUT2D eigenvalue weighted by Gasteiger charge is 2.14. The molecule has 0 spiro atoms. The third-order valence-corrected chi connectivity index (χ3v) is 5.06. The highest BCUT2D eigenvalue weighted by Crippen LogP contribution is 2.27. The van der Waals surface area contributed by atoms with Crippen LogP contribution in [-0.2, 0) is 12.2 Å². The number of aromatic nitrogens is 3. The molecule has 0 saturated heterocycles. The fourth-order valence-electron chi connectivity index (χ4n) is 2.69. The second-order valence-corrected chi connectivity index (χ2v) is 7.00. The second kappa shape index (κ2) is 7.88. The summed E-state index contributed by atoms with van der Waals surface area (Å²) in [6, 6.07) is 7.95. The zero-order valence-electron chi connectivity index (χ0n) is 15.0. The van der Waals surface area contributed by atoms with Gasteiger partial charge in [0.1, 0.15) is 5.76 Å². The van der Waals surface area contributed by atoms with Crippen LogP contribution in [0.2, 0.25) is 0 Å². The van der Waals surface area contributed by atoms with Gasteiger partial charge in [0.25, 0.3) is 5.56 Å². The zero-order chi connectivity index (χ0) is 18.7. The van der Waals surface area contributed by atoms with Gasteiger partial charge in [-0.25, -0.2) is 9.97 Å². The van der Waals surface area contributed by atoms with Crippen molar-refractivity contribution in [3.8, 4) is 11.5 Å². The second-order valence-electron chi connectivity index (χ2n) is 6.03. The molecule has 2 heterocycles. The number of nitrogens with zero attached hydrogens (tertiary/aromatic N) is 2. The number of aliphatic hydroxyl groups excluding tert-OH is 1. The van der Waals surface area contributed by atoms with Gasteiger partial charge in [-0.05, 0) is 32.4 Å². The third kappa shape index (κ3) is 3.89. The first-order valence-electron chi connectivity index (χ1n) is 8.35. The van der Waals surface area contributed by atoms with Crippen LogP contribution in [0.4, 0.5) is 0 Å². The van der Waals surface area contributed by atoms with Crippen LogP contribution >= 0.6 is 11.8 Å². The third-order valence-electron chi connectivity index (χ3n) is 4.18. The Balaban J connectivity index is 1.79. The Labute approximate surface area is 155 Å². The van der Waals surface area contributed by atoms with Crippen LogP contribution in [-0.4, -0.2) is 26.7 Å². The SMILES string of the molecule is Cc1ccccc1-c1nc(CSc2nc(C)c(CCO)c(=O)[nH]2)c(C)o1. The van der Waals surface area contributed by atoms with Crippen molar-refractivity contribution in [2.24, 2.45) is 0 Å². The minimum Gasteiger partial charge on any atom is -0.441 e.